The number of carbonyl (C=O) groups is 1. The third kappa shape index (κ3) is 3.33. The van der Waals surface area contributed by atoms with Crippen molar-refractivity contribution in [3.05, 3.63) is 29.3 Å². The van der Waals surface area contributed by atoms with E-state index < -0.39 is 33.6 Å². The molecule has 0 aliphatic carbocycles. The predicted octanol–water partition coefficient (Wildman–Crippen LogP) is 2.40. The molecule has 0 radical (unpaired) electrons. The Bertz CT molecular complexity index is 683. The molecule has 0 amide bonds. The van der Waals surface area contributed by atoms with E-state index in [1.54, 1.807) is 6.92 Å². The fourth-order valence-corrected chi connectivity index (χ4v) is 2.17. The van der Waals surface area contributed by atoms with Crippen molar-refractivity contribution in [1.29, 1.82) is 0 Å². The van der Waals surface area contributed by atoms with Crippen LogP contribution in [0.15, 0.2) is 18.2 Å². The third-order valence-electron chi connectivity index (χ3n) is 2.78. The average Bonchev–Trinajstić information content (AvgIpc) is 2.79. The van der Waals surface area contributed by atoms with Crippen LogP contribution in [0, 0.1) is 0 Å². The van der Waals surface area contributed by atoms with Crippen molar-refractivity contribution in [3.8, 4) is 5.75 Å². The lowest BCUT2D eigenvalue weighted by Gasteiger charge is -2.12. The summed E-state index contributed by atoms with van der Waals surface area (Å²) in [6.45, 7) is 1.55. The number of ether oxygens (including phenoxy) is 2. The Balaban J connectivity index is 2.19. The SMILES string of the molecule is CCC(=O)OC1OCc2cc(OS(=O)(=O)C(F)(F)F)ccc21. The van der Waals surface area contributed by atoms with Gasteiger partial charge in [-0.2, -0.15) is 21.6 Å². The van der Waals surface area contributed by atoms with Gasteiger partial charge < -0.3 is 13.7 Å². The Hall–Kier alpha value is -1.81. The molecular weight excluding hydrogens is 329 g/mol. The standard InChI is InChI=1S/C12H11F3O6S/c1-2-10(16)20-11-9-4-3-8(5-7(9)6-19-11)21-22(17,18)12(13,14)15/h3-5,11H,2,6H2,1H3. The minimum absolute atomic E-state index is 0.0414. The number of alkyl halides is 3. The van der Waals surface area contributed by atoms with Crippen molar-refractivity contribution >= 4 is 16.1 Å². The summed E-state index contributed by atoms with van der Waals surface area (Å²) in [5.41, 5.74) is -4.70. The minimum Gasteiger partial charge on any atom is -0.431 e. The molecule has 1 unspecified atom stereocenters. The molecule has 0 saturated heterocycles. The van der Waals surface area contributed by atoms with Gasteiger partial charge in [-0.15, -0.1) is 0 Å². The van der Waals surface area contributed by atoms with Crippen LogP contribution in [0.1, 0.15) is 30.8 Å². The second-order valence-corrected chi connectivity index (χ2v) is 5.87. The molecular formula is C12H11F3O6S. The van der Waals surface area contributed by atoms with Gasteiger partial charge in [0.25, 0.3) is 0 Å². The van der Waals surface area contributed by atoms with E-state index in [-0.39, 0.29) is 13.0 Å². The van der Waals surface area contributed by atoms with Crippen LogP contribution in [0.25, 0.3) is 0 Å². The smallest absolute Gasteiger partial charge is 0.431 e. The molecule has 1 aliphatic rings. The van der Waals surface area contributed by atoms with E-state index in [1.807, 2.05) is 0 Å². The summed E-state index contributed by atoms with van der Waals surface area (Å²) in [7, 11) is -5.73. The Kier molecular flexibility index (Phi) is 4.34. The van der Waals surface area contributed by atoms with Crippen molar-refractivity contribution in [3.63, 3.8) is 0 Å². The Labute approximate surface area is 123 Å². The molecule has 0 saturated carbocycles. The Morgan fingerprint density at radius 2 is 2.09 bits per heavy atom. The number of hydrogen-bond donors (Lipinski definition) is 0. The molecule has 122 valence electrons. The van der Waals surface area contributed by atoms with Crippen LogP contribution in [0.3, 0.4) is 0 Å². The van der Waals surface area contributed by atoms with E-state index in [2.05, 4.69) is 4.18 Å². The van der Waals surface area contributed by atoms with Gasteiger partial charge in [-0.1, -0.05) is 6.92 Å². The number of carbonyl (C=O) groups excluding carboxylic acids is 1. The van der Waals surface area contributed by atoms with Crippen LogP contribution in [-0.4, -0.2) is 19.9 Å². The molecule has 0 fully saturated rings. The molecule has 1 heterocycles. The topological polar surface area (TPSA) is 78.9 Å². The maximum Gasteiger partial charge on any atom is 0.534 e. The summed E-state index contributed by atoms with van der Waals surface area (Å²) < 4.78 is 72.7. The number of hydrogen-bond acceptors (Lipinski definition) is 6. The van der Waals surface area contributed by atoms with E-state index in [0.717, 1.165) is 12.1 Å². The second-order valence-electron chi connectivity index (χ2n) is 4.33. The Morgan fingerprint density at radius 1 is 1.41 bits per heavy atom. The molecule has 1 aromatic rings. The highest BCUT2D eigenvalue weighted by atomic mass is 32.2. The quantitative estimate of drug-likeness (QED) is 0.476. The maximum atomic E-state index is 12.2. The van der Waals surface area contributed by atoms with Gasteiger partial charge in [0.2, 0.25) is 6.29 Å². The monoisotopic (exact) mass is 340 g/mol. The molecule has 10 heteroatoms. The molecule has 0 N–H and O–H groups in total. The summed E-state index contributed by atoms with van der Waals surface area (Å²) in [5.74, 6) is -1.00. The van der Waals surface area contributed by atoms with Crippen molar-refractivity contribution < 1.29 is 40.0 Å². The highest BCUT2D eigenvalue weighted by molar-refractivity contribution is 7.88. The number of halogens is 3. The van der Waals surface area contributed by atoms with Gasteiger partial charge in [0.1, 0.15) is 5.75 Å². The van der Waals surface area contributed by atoms with Crippen LogP contribution in [0.2, 0.25) is 0 Å². The lowest BCUT2D eigenvalue weighted by molar-refractivity contribution is -0.177. The average molecular weight is 340 g/mol. The van der Waals surface area contributed by atoms with Crippen LogP contribution >= 0.6 is 0 Å². The second kappa shape index (κ2) is 5.76. The van der Waals surface area contributed by atoms with E-state index in [0.29, 0.717) is 11.1 Å². The summed E-state index contributed by atoms with van der Waals surface area (Å²) in [4.78, 5) is 11.2. The van der Waals surface area contributed by atoms with E-state index in [4.69, 9.17) is 9.47 Å². The zero-order valence-corrected chi connectivity index (χ0v) is 12.0. The van der Waals surface area contributed by atoms with Gasteiger partial charge in [-0.05, 0) is 23.8 Å². The van der Waals surface area contributed by atoms with E-state index in [9.17, 15) is 26.4 Å². The maximum absolute atomic E-state index is 12.2. The highest BCUT2D eigenvalue weighted by Crippen LogP contribution is 2.35. The van der Waals surface area contributed by atoms with Crippen molar-refractivity contribution in [2.75, 3.05) is 0 Å². The number of esters is 1. The zero-order chi connectivity index (χ0) is 16.5. The van der Waals surface area contributed by atoms with Gasteiger partial charge >= 0.3 is 21.6 Å². The first-order chi connectivity index (χ1) is 10.1. The van der Waals surface area contributed by atoms with Gasteiger partial charge in [-0.3, -0.25) is 4.79 Å². The van der Waals surface area contributed by atoms with Crippen LogP contribution in [0.4, 0.5) is 13.2 Å². The largest absolute Gasteiger partial charge is 0.534 e. The van der Waals surface area contributed by atoms with Crippen LogP contribution < -0.4 is 4.18 Å². The van der Waals surface area contributed by atoms with Crippen molar-refractivity contribution in [1.82, 2.24) is 0 Å². The van der Waals surface area contributed by atoms with E-state index in [1.165, 1.54) is 6.07 Å². The fraction of sp³-hybridized carbons (Fsp3) is 0.417. The summed E-state index contributed by atoms with van der Waals surface area (Å²) in [5, 5.41) is 0. The predicted molar refractivity (Wildman–Crippen MR) is 66.0 cm³/mol. The molecule has 0 bridgehead atoms. The highest BCUT2D eigenvalue weighted by Gasteiger charge is 2.48. The van der Waals surface area contributed by atoms with Gasteiger partial charge in [0.15, 0.2) is 0 Å². The molecule has 1 atom stereocenters. The van der Waals surface area contributed by atoms with Gasteiger partial charge in [-0.25, -0.2) is 0 Å². The molecule has 0 aromatic heterocycles. The normalized spacial score (nSPS) is 17.9. The molecule has 22 heavy (non-hydrogen) atoms. The summed E-state index contributed by atoms with van der Waals surface area (Å²) in [6.07, 6.45) is -0.823. The van der Waals surface area contributed by atoms with Gasteiger partial charge in [0, 0.05) is 12.0 Å². The molecule has 0 spiro atoms. The first-order valence-electron chi connectivity index (χ1n) is 6.08. The molecule has 1 aliphatic heterocycles. The van der Waals surface area contributed by atoms with Crippen molar-refractivity contribution in [2.24, 2.45) is 0 Å². The van der Waals surface area contributed by atoms with Crippen molar-refractivity contribution in [2.45, 2.75) is 31.7 Å². The lowest BCUT2D eigenvalue weighted by Crippen LogP contribution is -2.28. The van der Waals surface area contributed by atoms with Crippen LogP contribution in [0.5, 0.6) is 5.75 Å². The van der Waals surface area contributed by atoms with Gasteiger partial charge in [0.05, 0.1) is 6.61 Å². The van der Waals surface area contributed by atoms with Crippen LogP contribution in [-0.2, 0) is 31.0 Å². The molecule has 6 nitrogen and oxygen atoms in total. The minimum atomic E-state index is -5.73. The lowest BCUT2D eigenvalue weighted by atomic mass is 10.1. The first-order valence-corrected chi connectivity index (χ1v) is 7.49. The molecule has 1 aromatic carbocycles. The number of benzene rings is 1. The zero-order valence-electron chi connectivity index (χ0n) is 11.2. The summed E-state index contributed by atoms with van der Waals surface area (Å²) in [6, 6.07) is 3.42. The fourth-order valence-electron chi connectivity index (χ4n) is 1.72. The Morgan fingerprint density at radius 3 is 2.68 bits per heavy atom. The molecule has 2 rings (SSSR count). The first kappa shape index (κ1) is 16.6. The number of rotatable bonds is 4. The summed E-state index contributed by atoms with van der Waals surface area (Å²) >= 11 is 0. The number of fused-ring (bicyclic) bond motifs is 1. The van der Waals surface area contributed by atoms with E-state index >= 15 is 0 Å². The third-order valence-corrected chi connectivity index (χ3v) is 3.75.